The van der Waals surface area contributed by atoms with E-state index >= 15 is 0 Å². The zero-order valence-corrected chi connectivity index (χ0v) is 11.9. The third-order valence-corrected chi connectivity index (χ3v) is 4.62. The monoisotopic (exact) mass is 272 g/mol. The molecule has 0 amide bonds. The highest BCUT2D eigenvalue weighted by molar-refractivity contribution is 7.91. The number of piperidine rings is 1. The Labute approximate surface area is 108 Å². The molecule has 2 N–H and O–H groups in total. The molecule has 1 aliphatic rings. The lowest BCUT2D eigenvalue weighted by Crippen LogP contribution is -2.34. The zero-order valence-electron chi connectivity index (χ0n) is 11.0. The van der Waals surface area contributed by atoms with E-state index in [2.05, 4.69) is 12.0 Å². The number of nitrogens with zero attached hydrogens (tertiary/aromatic N) is 3. The summed E-state index contributed by atoms with van der Waals surface area (Å²) in [4.78, 5) is 2.19. The van der Waals surface area contributed by atoms with Gasteiger partial charge < -0.3 is 10.6 Å². The zero-order chi connectivity index (χ0) is 13.5. The van der Waals surface area contributed by atoms with Crippen molar-refractivity contribution < 1.29 is 8.42 Å². The first kappa shape index (κ1) is 13.2. The first-order valence-corrected chi connectivity index (χ1v) is 7.97. The maximum Gasteiger partial charge on any atom is 0.182 e. The van der Waals surface area contributed by atoms with E-state index in [1.165, 1.54) is 10.9 Å². The molecule has 1 aliphatic heterocycles. The summed E-state index contributed by atoms with van der Waals surface area (Å²) < 4.78 is 25.1. The Bertz CT molecular complexity index is 542. The van der Waals surface area contributed by atoms with Gasteiger partial charge in [-0.25, -0.2) is 13.1 Å². The number of hydrogen-bond donors (Lipinski definition) is 1. The Morgan fingerprint density at radius 2 is 1.89 bits per heavy atom. The highest BCUT2D eigenvalue weighted by Gasteiger charge is 2.28. The molecule has 6 nitrogen and oxygen atoms in total. The molecule has 7 heteroatoms. The predicted molar refractivity (Wildman–Crippen MR) is 71.3 cm³/mol. The molecule has 1 aromatic rings. The van der Waals surface area contributed by atoms with Crippen LogP contribution >= 0.6 is 0 Å². The molecule has 1 fully saturated rings. The summed E-state index contributed by atoms with van der Waals surface area (Å²) in [5.41, 5.74) is 5.82. The van der Waals surface area contributed by atoms with Gasteiger partial charge in [-0.15, -0.1) is 0 Å². The van der Waals surface area contributed by atoms with Crippen molar-refractivity contribution >= 4 is 21.5 Å². The van der Waals surface area contributed by atoms with Gasteiger partial charge in [0.2, 0.25) is 0 Å². The Morgan fingerprint density at radius 3 is 2.39 bits per heavy atom. The van der Waals surface area contributed by atoms with Gasteiger partial charge in [-0.1, -0.05) is 6.92 Å². The van der Waals surface area contributed by atoms with Crippen molar-refractivity contribution in [2.75, 3.05) is 30.0 Å². The second kappa shape index (κ2) is 4.46. The molecular weight excluding hydrogens is 252 g/mol. The fourth-order valence-electron chi connectivity index (χ4n) is 2.29. The van der Waals surface area contributed by atoms with Gasteiger partial charge in [-0.3, -0.25) is 0 Å². The second-order valence-electron chi connectivity index (χ2n) is 5.10. The van der Waals surface area contributed by atoms with Gasteiger partial charge in [-0.2, -0.15) is 5.10 Å². The fourth-order valence-corrected chi connectivity index (χ4v) is 3.30. The predicted octanol–water partition coefficient (Wildman–Crippen LogP) is 0.642. The highest BCUT2D eigenvalue weighted by atomic mass is 32.2. The van der Waals surface area contributed by atoms with E-state index in [9.17, 15) is 8.42 Å². The Kier molecular flexibility index (Phi) is 3.27. The van der Waals surface area contributed by atoms with Crippen molar-refractivity contribution in [3.05, 3.63) is 0 Å². The lowest BCUT2D eigenvalue weighted by atomic mass is 9.99. The number of rotatable bonds is 2. The number of nitrogens with two attached hydrogens (primary N) is 1. The van der Waals surface area contributed by atoms with Crippen molar-refractivity contribution in [1.29, 1.82) is 0 Å². The molecule has 18 heavy (non-hydrogen) atoms. The van der Waals surface area contributed by atoms with Crippen LogP contribution in [0.2, 0.25) is 0 Å². The first-order valence-electron chi connectivity index (χ1n) is 6.08. The third kappa shape index (κ3) is 2.31. The van der Waals surface area contributed by atoms with Gasteiger partial charge in [0.15, 0.2) is 20.6 Å². The van der Waals surface area contributed by atoms with Gasteiger partial charge >= 0.3 is 0 Å². The minimum Gasteiger partial charge on any atom is -0.383 e. The number of aryl methyl sites for hydroxylation is 1. The van der Waals surface area contributed by atoms with Crippen LogP contribution in [0.3, 0.4) is 0 Å². The maximum atomic E-state index is 11.8. The van der Waals surface area contributed by atoms with Gasteiger partial charge in [0.1, 0.15) is 5.82 Å². The van der Waals surface area contributed by atoms with E-state index in [0.717, 1.165) is 25.9 Å². The summed E-state index contributed by atoms with van der Waals surface area (Å²) in [7, 11) is -1.69. The Hall–Kier alpha value is -1.24. The quantitative estimate of drug-likeness (QED) is 0.854. The molecule has 0 radical (unpaired) electrons. The SMILES string of the molecule is CC1CCN(c2nn(C)c(N)c2S(C)(=O)=O)CC1. The van der Waals surface area contributed by atoms with E-state index in [0.29, 0.717) is 11.7 Å². The molecular formula is C11H20N4O2S. The smallest absolute Gasteiger partial charge is 0.182 e. The maximum absolute atomic E-state index is 11.8. The number of hydrogen-bond acceptors (Lipinski definition) is 5. The normalized spacial score (nSPS) is 18.3. The van der Waals surface area contributed by atoms with Gasteiger partial charge in [-0.05, 0) is 18.8 Å². The fraction of sp³-hybridized carbons (Fsp3) is 0.727. The summed E-state index contributed by atoms with van der Waals surface area (Å²) in [6.45, 7) is 3.88. The van der Waals surface area contributed by atoms with Gasteiger partial charge in [0.05, 0.1) is 0 Å². The first-order chi connectivity index (χ1) is 8.30. The van der Waals surface area contributed by atoms with Crippen molar-refractivity contribution in [1.82, 2.24) is 9.78 Å². The standard InChI is InChI=1S/C11H20N4O2S/c1-8-4-6-15(7-5-8)11-9(18(3,16)17)10(12)14(2)13-11/h8H,4-7,12H2,1-3H3. The lowest BCUT2D eigenvalue weighted by Gasteiger charge is -2.30. The lowest BCUT2D eigenvalue weighted by molar-refractivity contribution is 0.434. The number of anilines is 2. The van der Waals surface area contributed by atoms with Crippen LogP contribution in [0.5, 0.6) is 0 Å². The largest absolute Gasteiger partial charge is 0.383 e. The van der Waals surface area contributed by atoms with Crippen molar-refractivity contribution in [2.24, 2.45) is 13.0 Å². The molecule has 0 saturated carbocycles. The van der Waals surface area contributed by atoms with Crippen LogP contribution in [-0.2, 0) is 16.9 Å². The average Bonchev–Trinajstić information content (AvgIpc) is 2.56. The van der Waals surface area contributed by atoms with Crippen LogP contribution in [0.1, 0.15) is 19.8 Å². The summed E-state index contributed by atoms with van der Waals surface area (Å²) in [6, 6.07) is 0. The molecule has 2 heterocycles. The summed E-state index contributed by atoms with van der Waals surface area (Å²) in [5.74, 6) is 1.40. The minimum absolute atomic E-state index is 0.166. The average molecular weight is 272 g/mol. The van der Waals surface area contributed by atoms with Crippen molar-refractivity contribution in [3.63, 3.8) is 0 Å². The number of aromatic nitrogens is 2. The molecule has 102 valence electrons. The van der Waals surface area contributed by atoms with Crippen LogP contribution in [0.4, 0.5) is 11.6 Å². The summed E-state index contributed by atoms with van der Waals surface area (Å²) in [5, 5.41) is 4.26. The topological polar surface area (TPSA) is 81.2 Å². The van der Waals surface area contributed by atoms with Crippen LogP contribution in [0.15, 0.2) is 4.90 Å². The van der Waals surface area contributed by atoms with Crippen LogP contribution in [0.25, 0.3) is 0 Å². The van der Waals surface area contributed by atoms with Crippen LogP contribution in [0, 0.1) is 5.92 Å². The van der Waals surface area contributed by atoms with E-state index in [4.69, 9.17) is 5.73 Å². The molecule has 0 spiro atoms. The van der Waals surface area contributed by atoms with E-state index in [-0.39, 0.29) is 10.7 Å². The molecule has 1 aromatic heterocycles. The van der Waals surface area contributed by atoms with Gasteiger partial charge in [0, 0.05) is 26.4 Å². The molecule has 0 aliphatic carbocycles. The van der Waals surface area contributed by atoms with Crippen LogP contribution < -0.4 is 10.6 Å². The van der Waals surface area contributed by atoms with Crippen LogP contribution in [-0.4, -0.2) is 37.5 Å². The van der Waals surface area contributed by atoms with E-state index < -0.39 is 9.84 Å². The molecule has 0 aromatic carbocycles. The highest BCUT2D eigenvalue weighted by Crippen LogP contribution is 2.31. The van der Waals surface area contributed by atoms with E-state index in [1.807, 2.05) is 4.90 Å². The molecule has 0 bridgehead atoms. The minimum atomic E-state index is -3.36. The Morgan fingerprint density at radius 1 is 1.33 bits per heavy atom. The summed E-state index contributed by atoms with van der Waals surface area (Å²) >= 11 is 0. The molecule has 0 atom stereocenters. The number of nitrogen functional groups attached to an aromatic ring is 1. The molecule has 1 saturated heterocycles. The van der Waals surface area contributed by atoms with E-state index in [1.54, 1.807) is 7.05 Å². The summed E-state index contributed by atoms with van der Waals surface area (Å²) in [6.07, 6.45) is 3.29. The van der Waals surface area contributed by atoms with Crippen molar-refractivity contribution in [3.8, 4) is 0 Å². The molecule has 2 rings (SSSR count). The third-order valence-electron chi connectivity index (χ3n) is 3.48. The van der Waals surface area contributed by atoms with Crippen molar-refractivity contribution in [2.45, 2.75) is 24.7 Å². The Balaban J connectivity index is 2.42. The number of sulfone groups is 1. The molecule has 0 unspecified atom stereocenters. The second-order valence-corrected chi connectivity index (χ2v) is 7.06. The van der Waals surface area contributed by atoms with Gasteiger partial charge in [0.25, 0.3) is 0 Å².